The number of pyridine rings is 1. The standard InChI is InChI=1S/C18H23N5O2/c1-21(2)11-12-23-16-7-10-22(9-6-14(16)3-4-17(23)24)18(25)15-5-8-19-20-13-15/h3-5,8,13H,6-7,9-12H2,1-2H3. The zero-order valence-corrected chi connectivity index (χ0v) is 14.7. The van der Waals surface area contributed by atoms with Crippen molar-refractivity contribution in [3.05, 3.63) is 57.8 Å². The number of aromatic nitrogens is 3. The van der Waals surface area contributed by atoms with Crippen LogP contribution in [-0.2, 0) is 19.4 Å². The van der Waals surface area contributed by atoms with Gasteiger partial charge in [0.2, 0.25) is 0 Å². The minimum Gasteiger partial charge on any atom is -0.338 e. The Morgan fingerprint density at radius 3 is 2.68 bits per heavy atom. The largest absolute Gasteiger partial charge is 0.338 e. The average Bonchev–Trinajstić information content (AvgIpc) is 2.83. The van der Waals surface area contributed by atoms with Gasteiger partial charge in [-0.25, -0.2) is 0 Å². The van der Waals surface area contributed by atoms with E-state index < -0.39 is 0 Å². The molecular formula is C18H23N5O2. The number of carbonyl (C=O) groups is 1. The van der Waals surface area contributed by atoms with Gasteiger partial charge in [0.1, 0.15) is 0 Å². The number of fused-ring (bicyclic) bond motifs is 1. The number of hydrogen-bond acceptors (Lipinski definition) is 5. The summed E-state index contributed by atoms with van der Waals surface area (Å²) in [5.41, 5.74) is 2.78. The smallest absolute Gasteiger partial charge is 0.255 e. The molecule has 0 spiro atoms. The number of hydrogen-bond donors (Lipinski definition) is 0. The van der Waals surface area contributed by atoms with Crippen LogP contribution in [0.5, 0.6) is 0 Å². The molecule has 2 aromatic heterocycles. The number of carbonyl (C=O) groups excluding carboxylic acids is 1. The molecule has 0 aliphatic carbocycles. The van der Waals surface area contributed by atoms with Crippen LogP contribution in [-0.4, -0.2) is 64.2 Å². The normalized spacial score (nSPS) is 14.3. The first-order valence-electron chi connectivity index (χ1n) is 8.48. The topological polar surface area (TPSA) is 71.3 Å². The number of rotatable bonds is 4. The molecule has 0 atom stereocenters. The molecular weight excluding hydrogens is 318 g/mol. The second-order valence-corrected chi connectivity index (χ2v) is 6.52. The lowest BCUT2D eigenvalue weighted by atomic mass is 10.1. The lowest BCUT2D eigenvalue weighted by Crippen LogP contribution is -2.33. The van der Waals surface area contributed by atoms with Crippen LogP contribution in [0.4, 0.5) is 0 Å². The van der Waals surface area contributed by atoms with Gasteiger partial charge in [-0.1, -0.05) is 6.07 Å². The average molecular weight is 341 g/mol. The summed E-state index contributed by atoms with van der Waals surface area (Å²) in [4.78, 5) is 28.9. The molecule has 0 aromatic carbocycles. The molecule has 2 aromatic rings. The molecule has 0 fully saturated rings. The van der Waals surface area contributed by atoms with Gasteiger partial charge in [-0.05, 0) is 32.1 Å². The summed E-state index contributed by atoms with van der Waals surface area (Å²) in [5.74, 6) is -0.0371. The third-order valence-electron chi connectivity index (χ3n) is 4.55. The Balaban J connectivity index is 1.81. The Bertz CT molecular complexity index is 801. The molecule has 132 valence electrons. The van der Waals surface area contributed by atoms with Crippen LogP contribution >= 0.6 is 0 Å². The van der Waals surface area contributed by atoms with E-state index in [0.29, 0.717) is 31.6 Å². The van der Waals surface area contributed by atoms with Crippen molar-refractivity contribution in [1.29, 1.82) is 0 Å². The van der Waals surface area contributed by atoms with E-state index in [9.17, 15) is 9.59 Å². The minimum absolute atomic E-state index is 0.0266. The predicted octanol–water partition coefficient (Wildman–Crippen LogP) is 0.441. The molecule has 1 aliphatic rings. The van der Waals surface area contributed by atoms with Crippen molar-refractivity contribution in [3.63, 3.8) is 0 Å². The summed E-state index contributed by atoms with van der Waals surface area (Å²) < 4.78 is 1.86. The van der Waals surface area contributed by atoms with E-state index in [2.05, 4.69) is 15.1 Å². The number of amides is 1. The van der Waals surface area contributed by atoms with E-state index in [1.54, 1.807) is 12.1 Å². The molecule has 0 N–H and O–H groups in total. The highest BCUT2D eigenvalue weighted by molar-refractivity contribution is 5.93. The molecule has 1 amide bonds. The highest BCUT2D eigenvalue weighted by atomic mass is 16.2. The summed E-state index contributed by atoms with van der Waals surface area (Å²) in [6.07, 6.45) is 4.46. The molecule has 3 rings (SSSR count). The van der Waals surface area contributed by atoms with Gasteiger partial charge in [0.05, 0.1) is 18.0 Å². The van der Waals surface area contributed by atoms with Crippen molar-refractivity contribution in [2.75, 3.05) is 33.7 Å². The zero-order valence-electron chi connectivity index (χ0n) is 14.7. The van der Waals surface area contributed by atoms with Crippen LogP contribution in [0.15, 0.2) is 35.4 Å². The zero-order chi connectivity index (χ0) is 17.8. The van der Waals surface area contributed by atoms with Crippen LogP contribution in [0.25, 0.3) is 0 Å². The number of nitrogens with zero attached hydrogens (tertiary/aromatic N) is 5. The first-order valence-corrected chi connectivity index (χ1v) is 8.48. The fraction of sp³-hybridized carbons (Fsp3) is 0.444. The summed E-state index contributed by atoms with van der Waals surface area (Å²) >= 11 is 0. The molecule has 3 heterocycles. The van der Waals surface area contributed by atoms with E-state index in [1.807, 2.05) is 29.6 Å². The SMILES string of the molecule is CN(C)CCn1c2c(ccc1=O)CCN(C(=O)c1ccnnc1)CC2. The summed E-state index contributed by atoms with van der Waals surface area (Å²) in [6.45, 7) is 2.71. The van der Waals surface area contributed by atoms with Crippen molar-refractivity contribution in [2.24, 2.45) is 0 Å². The second-order valence-electron chi connectivity index (χ2n) is 6.52. The first-order chi connectivity index (χ1) is 12.1. The molecule has 7 nitrogen and oxygen atoms in total. The maximum Gasteiger partial charge on any atom is 0.255 e. The molecule has 25 heavy (non-hydrogen) atoms. The monoisotopic (exact) mass is 341 g/mol. The van der Waals surface area contributed by atoms with E-state index in [4.69, 9.17) is 0 Å². The lowest BCUT2D eigenvalue weighted by molar-refractivity contribution is 0.0762. The van der Waals surface area contributed by atoms with Gasteiger partial charge >= 0.3 is 0 Å². The maximum absolute atomic E-state index is 12.7. The van der Waals surface area contributed by atoms with Gasteiger partial charge in [-0.15, -0.1) is 0 Å². The van der Waals surface area contributed by atoms with Gasteiger partial charge in [0.15, 0.2) is 0 Å². The number of likely N-dealkylation sites (N-methyl/N-ethyl adjacent to an activating group) is 1. The van der Waals surface area contributed by atoms with E-state index in [1.165, 1.54) is 12.4 Å². The first kappa shape index (κ1) is 17.3. The molecule has 1 aliphatic heterocycles. The van der Waals surface area contributed by atoms with Crippen molar-refractivity contribution < 1.29 is 4.79 Å². The molecule has 0 radical (unpaired) electrons. The van der Waals surface area contributed by atoms with Crippen LogP contribution in [0.3, 0.4) is 0 Å². The summed E-state index contributed by atoms with van der Waals surface area (Å²) in [6, 6.07) is 5.23. The predicted molar refractivity (Wildman–Crippen MR) is 94.6 cm³/mol. The Morgan fingerprint density at radius 2 is 1.96 bits per heavy atom. The van der Waals surface area contributed by atoms with E-state index in [-0.39, 0.29) is 11.5 Å². The second kappa shape index (κ2) is 7.57. The minimum atomic E-state index is -0.0371. The van der Waals surface area contributed by atoms with Crippen molar-refractivity contribution >= 4 is 5.91 Å². The lowest BCUT2D eigenvalue weighted by Gasteiger charge is -2.20. The summed E-state index contributed by atoms with van der Waals surface area (Å²) in [7, 11) is 3.99. The molecule has 7 heteroatoms. The Hall–Kier alpha value is -2.54. The van der Waals surface area contributed by atoms with Crippen molar-refractivity contribution in [2.45, 2.75) is 19.4 Å². The fourth-order valence-electron chi connectivity index (χ4n) is 3.14. The van der Waals surface area contributed by atoms with Gasteiger partial charge in [0.25, 0.3) is 11.5 Å². The van der Waals surface area contributed by atoms with Gasteiger partial charge in [-0.3, -0.25) is 9.59 Å². The quantitative estimate of drug-likeness (QED) is 0.807. The molecule has 0 bridgehead atoms. The maximum atomic E-state index is 12.7. The third-order valence-corrected chi connectivity index (χ3v) is 4.55. The highest BCUT2D eigenvalue weighted by Gasteiger charge is 2.22. The molecule has 0 unspecified atom stereocenters. The molecule has 0 saturated carbocycles. The van der Waals surface area contributed by atoms with Crippen LogP contribution < -0.4 is 5.56 Å². The van der Waals surface area contributed by atoms with Crippen molar-refractivity contribution in [1.82, 2.24) is 24.6 Å². The van der Waals surface area contributed by atoms with Crippen molar-refractivity contribution in [3.8, 4) is 0 Å². The Labute approximate surface area is 146 Å². The Morgan fingerprint density at radius 1 is 1.16 bits per heavy atom. The summed E-state index contributed by atoms with van der Waals surface area (Å²) in [5, 5.41) is 7.50. The van der Waals surface area contributed by atoms with Gasteiger partial charge in [0, 0.05) is 44.4 Å². The van der Waals surface area contributed by atoms with Crippen LogP contribution in [0, 0.1) is 0 Å². The van der Waals surface area contributed by atoms with Crippen LogP contribution in [0.2, 0.25) is 0 Å². The van der Waals surface area contributed by atoms with Crippen LogP contribution in [0.1, 0.15) is 21.6 Å². The van der Waals surface area contributed by atoms with Gasteiger partial charge < -0.3 is 14.4 Å². The fourth-order valence-corrected chi connectivity index (χ4v) is 3.14. The Kier molecular flexibility index (Phi) is 5.23. The molecule has 0 saturated heterocycles. The third kappa shape index (κ3) is 3.93. The highest BCUT2D eigenvalue weighted by Crippen LogP contribution is 2.16. The van der Waals surface area contributed by atoms with Gasteiger partial charge in [-0.2, -0.15) is 10.2 Å². The van der Waals surface area contributed by atoms with E-state index >= 15 is 0 Å². The van der Waals surface area contributed by atoms with E-state index in [0.717, 1.165) is 24.2 Å².